The van der Waals surface area contributed by atoms with Crippen LogP contribution in [0.4, 0.5) is 0 Å². The molecule has 0 fully saturated rings. The lowest BCUT2D eigenvalue weighted by atomic mass is 10.1. The first-order valence-corrected chi connectivity index (χ1v) is 7.00. The Morgan fingerprint density at radius 2 is 2.18 bits per heavy atom. The van der Waals surface area contributed by atoms with Crippen LogP contribution in [0.1, 0.15) is 45.7 Å². The van der Waals surface area contributed by atoms with E-state index in [0.717, 1.165) is 37.4 Å². The van der Waals surface area contributed by atoms with Crippen LogP contribution in [-0.2, 0) is 13.0 Å². The van der Waals surface area contributed by atoms with E-state index in [1.165, 1.54) is 12.1 Å². The molecule has 0 bridgehead atoms. The monoisotopic (exact) mass is 257 g/mol. The van der Waals surface area contributed by atoms with E-state index in [1.807, 2.05) is 4.68 Å². The van der Waals surface area contributed by atoms with Crippen LogP contribution >= 0.6 is 11.6 Å². The van der Waals surface area contributed by atoms with Crippen molar-refractivity contribution in [1.29, 1.82) is 0 Å². The lowest BCUT2D eigenvalue weighted by molar-refractivity contribution is 0.495. The van der Waals surface area contributed by atoms with Crippen LogP contribution in [0.25, 0.3) is 0 Å². The SMILES string of the molecule is CCCNC(C)CCc1c(Cl)cnn1CCC. The molecule has 1 heterocycles. The molecule has 0 amide bonds. The van der Waals surface area contributed by atoms with E-state index >= 15 is 0 Å². The van der Waals surface area contributed by atoms with Gasteiger partial charge in [-0.15, -0.1) is 0 Å². The van der Waals surface area contributed by atoms with E-state index in [0.29, 0.717) is 6.04 Å². The molecular weight excluding hydrogens is 234 g/mol. The molecule has 0 aliphatic heterocycles. The maximum absolute atomic E-state index is 6.16. The number of aryl methyl sites for hydroxylation is 1. The Kier molecular flexibility index (Phi) is 6.60. The largest absolute Gasteiger partial charge is 0.314 e. The Hall–Kier alpha value is -0.540. The summed E-state index contributed by atoms with van der Waals surface area (Å²) in [6.45, 7) is 8.61. The predicted molar refractivity (Wildman–Crippen MR) is 73.6 cm³/mol. The molecule has 0 saturated carbocycles. The second-order valence-electron chi connectivity index (χ2n) is 4.56. The molecule has 0 aliphatic rings. The summed E-state index contributed by atoms with van der Waals surface area (Å²) in [6, 6.07) is 0.538. The van der Waals surface area contributed by atoms with Gasteiger partial charge in [-0.2, -0.15) is 5.10 Å². The van der Waals surface area contributed by atoms with Gasteiger partial charge in [0.25, 0.3) is 0 Å². The first-order valence-electron chi connectivity index (χ1n) is 6.62. The summed E-state index contributed by atoms with van der Waals surface area (Å²) in [6.07, 6.45) is 6.13. The molecule has 1 aromatic rings. The molecule has 0 saturated heterocycles. The zero-order chi connectivity index (χ0) is 12.7. The van der Waals surface area contributed by atoms with Crippen molar-refractivity contribution in [1.82, 2.24) is 15.1 Å². The quantitative estimate of drug-likeness (QED) is 0.775. The highest BCUT2D eigenvalue weighted by Crippen LogP contribution is 2.17. The molecule has 0 radical (unpaired) electrons. The number of nitrogens with one attached hydrogen (secondary N) is 1. The summed E-state index contributed by atoms with van der Waals surface area (Å²) in [5.74, 6) is 0. The number of rotatable bonds is 8. The number of hydrogen-bond acceptors (Lipinski definition) is 2. The van der Waals surface area contributed by atoms with E-state index in [2.05, 4.69) is 31.2 Å². The third kappa shape index (κ3) is 4.68. The van der Waals surface area contributed by atoms with Crippen LogP contribution in [0.15, 0.2) is 6.20 Å². The van der Waals surface area contributed by atoms with Crippen LogP contribution in [0, 0.1) is 0 Å². The Bertz CT molecular complexity index is 322. The van der Waals surface area contributed by atoms with Crippen molar-refractivity contribution >= 4 is 11.6 Å². The molecular formula is C13H24ClN3. The Morgan fingerprint density at radius 3 is 2.82 bits per heavy atom. The van der Waals surface area contributed by atoms with Crippen LogP contribution < -0.4 is 5.32 Å². The van der Waals surface area contributed by atoms with Gasteiger partial charge in [-0.3, -0.25) is 4.68 Å². The van der Waals surface area contributed by atoms with Crippen molar-refractivity contribution in [2.75, 3.05) is 6.54 Å². The van der Waals surface area contributed by atoms with Gasteiger partial charge in [0.05, 0.1) is 16.9 Å². The van der Waals surface area contributed by atoms with E-state index in [-0.39, 0.29) is 0 Å². The van der Waals surface area contributed by atoms with Crippen molar-refractivity contribution < 1.29 is 0 Å². The molecule has 1 aromatic heterocycles. The van der Waals surface area contributed by atoms with Gasteiger partial charge in [-0.25, -0.2) is 0 Å². The van der Waals surface area contributed by atoms with Crippen molar-refractivity contribution in [2.45, 2.75) is 59.0 Å². The zero-order valence-electron chi connectivity index (χ0n) is 11.2. The van der Waals surface area contributed by atoms with E-state index in [4.69, 9.17) is 11.6 Å². The van der Waals surface area contributed by atoms with Gasteiger partial charge in [0.15, 0.2) is 0 Å². The van der Waals surface area contributed by atoms with E-state index in [9.17, 15) is 0 Å². The molecule has 0 aromatic carbocycles. The summed E-state index contributed by atoms with van der Waals surface area (Å²) in [4.78, 5) is 0. The van der Waals surface area contributed by atoms with Crippen molar-refractivity contribution in [3.8, 4) is 0 Å². The molecule has 98 valence electrons. The van der Waals surface area contributed by atoms with Gasteiger partial charge in [0.2, 0.25) is 0 Å². The van der Waals surface area contributed by atoms with Gasteiger partial charge in [0.1, 0.15) is 0 Å². The first kappa shape index (κ1) is 14.5. The zero-order valence-corrected chi connectivity index (χ0v) is 11.9. The number of hydrogen-bond donors (Lipinski definition) is 1. The second-order valence-corrected chi connectivity index (χ2v) is 4.96. The third-order valence-electron chi connectivity index (χ3n) is 2.89. The highest BCUT2D eigenvalue weighted by atomic mass is 35.5. The molecule has 0 aliphatic carbocycles. The summed E-state index contributed by atoms with van der Waals surface area (Å²) in [5.41, 5.74) is 1.18. The van der Waals surface area contributed by atoms with Crippen molar-refractivity contribution in [2.24, 2.45) is 0 Å². The standard InChI is InChI=1S/C13H24ClN3/c1-4-8-15-11(3)6-7-13-12(14)10-16-17(13)9-5-2/h10-11,15H,4-9H2,1-3H3. The summed E-state index contributed by atoms with van der Waals surface area (Å²) >= 11 is 6.16. The van der Waals surface area contributed by atoms with Gasteiger partial charge < -0.3 is 5.32 Å². The average molecular weight is 258 g/mol. The smallest absolute Gasteiger partial charge is 0.0817 e. The van der Waals surface area contributed by atoms with Gasteiger partial charge in [0, 0.05) is 12.6 Å². The fourth-order valence-electron chi connectivity index (χ4n) is 1.89. The fourth-order valence-corrected chi connectivity index (χ4v) is 2.12. The summed E-state index contributed by atoms with van der Waals surface area (Å²) < 4.78 is 2.04. The Labute approximate surface area is 110 Å². The minimum Gasteiger partial charge on any atom is -0.314 e. The molecule has 1 N–H and O–H groups in total. The van der Waals surface area contributed by atoms with Crippen LogP contribution in [0.2, 0.25) is 5.02 Å². The molecule has 1 rings (SSSR count). The third-order valence-corrected chi connectivity index (χ3v) is 3.21. The maximum Gasteiger partial charge on any atom is 0.0817 e. The molecule has 17 heavy (non-hydrogen) atoms. The molecule has 1 atom stereocenters. The molecule has 0 spiro atoms. The van der Waals surface area contributed by atoms with Crippen LogP contribution in [0.3, 0.4) is 0 Å². The lowest BCUT2D eigenvalue weighted by Crippen LogP contribution is -2.27. The maximum atomic E-state index is 6.16. The molecule has 1 unspecified atom stereocenters. The van der Waals surface area contributed by atoms with Crippen molar-refractivity contribution in [3.05, 3.63) is 16.9 Å². The normalized spacial score (nSPS) is 12.9. The fraction of sp³-hybridized carbons (Fsp3) is 0.769. The minimum absolute atomic E-state index is 0.538. The van der Waals surface area contributed by atoms with Crippen LogP contribution in [-0.4, -0.2) is 22.4 Å². The lowest BCUT2D eigenvalue weighted by Gasteiger charge is -2.13. The second kappa shape index (κ2) is 7.72. The predicted octanol–water partition coefficient (Wildman–Crippen LogP) is 3.27. The summed E-state index contributed by atoms with van der Waals surface area (Å²) in [7, 11) is 0. The summed E-state index contributed by atoms with van der Waals surface area (Å²) in [5, 5.41) is 8.61. The van der Waals surface area contributed by atoms with Crippen LogP contribution in [0.5, 0.6) is 0 Å². The number of nitrogens with zero attached hydrogens (tertiary/aromatic N) is 2. The minimum atomic E-state index is 0.538. The topological polar surface area (TPSA) is 29.9 Å². The van der Waals surface area contributed by atoms with Crippen molar-refractivity contribution in [3.63, 3.8) is 0 Å². The van der Waals surface area contributed by atoms with Gasteiger partial charge >= 0.3 is 0 Å². The Balaban J connectivity index is 2.47. The Morgan fingerprint density at radius 1 is 1.41 bits per heavy atom. The highest BCUT2D eigenvalue weighted by Gasteiger charge is 2.10. The van der Waals surface area contributed by atoms with Gasteiger partial charge in [-0.1, -0.05) is 25.4 Å². The number of halogens is 1. The molecule has 4 heteroatoms. The average Bonchev–Trinajstić information content (AvgIpc) is 2.66. The molecule has 3 nitrogen and oxygen atoms in total. The number of aromatic nitrogens is 2. The first-order chi connectivity index (χ1) is 8.19. The van der Waals surface area contributed by atoms with E-state index in [1.54, 1.807) is 6.20 Å². The highest BCUT2D eigenvalue weighted by molar-refractivity contribution is 6.31. The van der Waals surface area contributed by atoms with Gasteiger partial charge in [-0.05, 0) is 39.2 Å². The van der Waals surface area contributed by atoms with E-state index < -0.39 is 0 Å².